The Morgan fingerprint density at radius 1 is 0.685 bits per heavy atom. The number of benzene rings is 5. The van der Waals surface area contributed by atoms with Gasteiger partial charge in [-0.05, 0) is 188 Å². The second-order valence-electron chi connectivity index (χ2n) is 21.0. The highest BCUT2D eigenvalue weighted by Gasteiger charge is 2.35. The SMILES string of the molecule is CCC1=Nn2c(C(C)NS(=O)Oc3cc(C)ccc3C)nnc2C1Oc1ccc(N(CC)CCO)cc1C.CCN(CCO)c1ccc(N)c(C)c1.CCc1[nH]n2c(C(C)NS(=O)Oc3cc(C)ccc3C)nnc2c1Oc1ccc(C(=O)OC)cc1.O=S(O)OO. The summed E-state index contributed by atoms with van der Waals surface area (Å²) in [6, 6.07) is 29.2. The summed E-state index contributed by atoms with van der Waals surface area (Å²) in [5.41, 5.74) is 17.1. The van der Waals surface area contributed by atoms with Crippen molar-refractivity contribution in [2.45, 2.75) is 114 Å². The van der Waals surface area contributed by atoms with Gasteiger partial charge in [0.05, 0.1) is 49.4 Å². The van der Waals surface area contributed by atoms with E-state index in [9.17, 15) is 18.3 Å². The Morgan fingerprint density at radius 3 is 1.71 bits per heavy atom. The van der Waals surface area contributed by atoms with Crippen LogP contribution in [0.2, 0.25) is 0 Å². The number of likely N-dealkylation sites (N-methyl/N-ethyl adjacent to an activating group) is 2. The van der Waals surface area contributed by atoms with Crippen molar-refractivity contribution < 1.29 is 64.4 Å². The molecule has 3 aromatic heterocycles. The standard InChI is InChI=1S/C27H36N6O4S.C24H27N5O5S.C11H18N2O.H2O4S/c1-7-22-25(36-23-12-11-21(16-19(23)5)32(8-2)13-14-34)27-29-28-26(33(27)30-22)20(6)31-38(35)37-24-15-17(3)9-10-18(24)4;1-6-19-21(33-18-11-9-17(10-12-18)24(30)32-5)23-26-25-22(29(23)27-19)16(4)28-35(31)34-20-13-14(2)7-8-15(20)3;1-3-13(6-7-14)10-4-5-11(12)9(2)8-10;1-4-5(2)3/h9-12,15-16,20,25,31,34H,7-8,13-14H2,1-6H3;7-13,16,27-28H,6H2,1-5H3;4-5,8,14H,3,6-7,12H2,1-2H3;1H,(H,2,3). The van der Waals surface area contributed by atoms with E-state index in [1.165, 1.54) is 7.11 Å². The quantitative estimate of drug-likeness (QED) is 0.00823. The second-order valence-corrected chi connectivity index (χ2v) is 23.3. The molecule has 8 aromatic rings. The van der Waals surface area contributed by atoms with Gasteiger partial charge in [-0.3, -0.25) is 9.65 Å². The average molecular weight is 1330 g/mol. The van der Waals surface area contributed by atoms with Crippen molar-refractivity contribution in [2.75, 3.05) is 62.0 Å². The van der Waals surface area contributed by atoms with E-state index in [1.807, 2.05) is 130 Å². The molecular formula is C62H83N13O14S3. The van der Waals surface area contributed by atoms with Gasteiger partial charge < -0.3 is 48.3 Å². The summed E-state index contributed by atoms with van der Waals surface area (Å²) in [4.78, 5) is 15.9. The third kappa shape index (κ3) is 19.4. The number of aromatic amines is 1. The summed E-state index contributed by atoms with van der Waals surface area (Å²) in [6.45, 7) is 26.7. The summed E-state index contributed by atoms with van der Waals surface area (Å²) in [5, 5.41) is 50.6. The van der Waals surface area contributed by atoms with E-state index in [1.54, 1.807) is 33.5 Å². The lowest BCUT2D eigenvalue weighted by molar-refractivity contribution is -0.131. The van der Waals surface area contributed by atoms with Crippen LogP contribution in [0.25, 0.3) is 5.65 Å². The van der Waals surface area contributed by atoms with E-state index in [0.29, 0.717) is 77.6 Å². The molecule has 0 bridgehead atoms. The fourth-order valence-corrected chi connectivity index (χ4v) is 10.8. The Balaban J connectivity index is 0.000000229. The minimum atomic E-state index is -2.52. The van der Waals surface area contributed by atoms with Gasteiger partial charge in [-0.15, -0.1) is 24.7 Å². The number of hydrogen-bond acceptors (Lipinski definition) is 21. The van der Waals surface area contributed by atoms with E-state index in [0.717, 1.165) is 80.7 Å². The van der Waals surface area contributed by atoms with E-state index in [-0.39, 0.29) is 13.2 Å². The van der Waals surface area contributed by atoms with E-state index in [2.05, 4.69) is 75.1 Å². The first-order valence-corrected chi connectivity index (χ1v) is 32.7. The van der Waals surface area contributed by atoms with Crippen LogP contribution in [0.4, 0.5) is 17.1 Å². The molecule has 0 saturated heterocycles. The number of ether oxygens (including phenoxy) is 3. The van der Waals surface area contributed by atoms with Gasteiger partial charge in [0.1, 0.15) is 23.0 Å². The van der Waals surface area contributed by atoms with E-state index >= 15 is 0 Å². The molecule has 92 heavy (non-hydrogen) atoms. The number of aromatic nitrogens is 7. The van der Waals surface area contributed by atoms with Gasteiger partial charge in [-0.2, -0.15) is 31.8 Å². The molecule has 0 saturated carbocycles. The number of esters is 1. The fourth-order valence-electron chi connectivity index (χ4n) is 9.27. The van der Waals surface area contributed by atoms with Gasteiger partial charge in [-0.25, -0.2) is 14.6 Å². The molecule has 9 rings (SSSR count). The summed E-state index contributed by atoms with van der Waals surface area (Å²) in [7, 11) is 1.33. The Hall–Kier alpha value is -8.17. The van der Waals surface area contributed by atoms with Crippen molar-refractivity contribution in [2.24, 2.45) is 5.10 Å². The first kappa shape index (κ1) is 72.9. The van der Waals surface area contributed by atoms with Gasteiger partial charge in [-0.1, -0.05) is 38.1 Å². The van der Waals surface area contributed by atoms with Crippen LogP contribution in [0.3, 0.4) is 0 Å². The molecule has 4 heterocycles. The lowest BCUT2D eigenvalue weighted by atomic mass is 10.1. The van der Waals surface area contributed by atoms with Gasteiger partial charge in [0.15, 0.2) is 23.5 Å². The molecule has 0 radical (unpaired) electrons. The Labute approximate surface area is 543 Å². The number of rotatable bonds is 26. The average Bonchev–Trinajstić information content (AvgIpc) is 1.64. The van der Waals surface area contributed by atoms with Gasteiger partial charge in [0.25, 0.3) is 22.5 Å². The van der Waals surface area contributed by atoms with Gasteiger partial charge in [0, 0.05) is 43.2 Å². The number of carbonyl (C=O) groups is 1. The summed E-state index contributed by atoms with van der Waals surface area (Å²) < 4.78 is 82.2. The first-order chi connectivity index (χ1) is 44.0. The number of nitrogen functional groups attached to an aromatic ring is 1. The zero-order valence-electron chi connectivity index (χ0n) is 53.8. The minimum absolute atomic E-state index is 0.0973. The molecule has 9 N–H and O–H groups in total. The highest BCUT2D eigenvalue weighted by molar-refractivity contribution is 7.78. The zero-order chi connectivity index (χ0) is 67.3. The minimum Gasteiger partial charge on any atom is -0.476 e. The molecule has 6 atom stereocenters. The maximum atomic E-state index is 12.7. The Bertz CT molecular complexity index is 3840. The molecule has 5 aromatic carbocycles. The third-order valence-corrected chi connectivity index (χ3v) is 16.3. The van der Waals surface area contributed by atoms with Crippen molar-refractivity contribution in [3.05, 3.63) is 159 Å². The zero-order valence-corrected chi connectivity index (χ0v) is 56.3. The molecule has 0 aliphatic carbocycles. The lowest BCUT2D eigenvalue weighted by Crippen LogP contribution is -2.27. The molecule has 6 unspecified atom stereocenters. The molecule has 0 spiro atoms. The predicted octanol–water partition coefficient (Wildman–Crippen LogP) is 9.21. The number of fused-ring (bicyclic) bond motifs is 2. The molecule has 1 aliphatic rings. The normalized spacial score (nSPS) is 13.9. The summed E-state index contributed by atoms with van der Waals surface area (Å²) in [5.74, 6) is 4.10. The molecule has 0 fully saturated rings. The van der Waals surface area contributed by atoms with Gasteiger partial charge >= 0.3 is 17.3 Å². The number of H-pyrrole nitrogens is 1. The van der Waals surface area contributed by atoms with Crippen molar-refractivity contribution in [1.29, 1.82) is 0 Å². The topological polar surface area (TPSA) is 350 Å². The van der Waals surface area contributed by atoms with E-state index < -0.39 is 58.1 Å². The second kappa shape index (κ2) is 35.0. The highest BCUT2D eigenvalue weighted by Crippen LogP contribution is 2.35. The van der Waals surface area contributed by atoms with Crippen LogP contribution in [0.5, 0.6) is 28.7 Å². The molecular weight excluding hydrogens is 1250 g/mol. The largest absolute Gasteiger partial charge is 0.476 e. The number of nitrogens with zero attached hydrogens (tertiary/aromatic N) is 9. The summed E-state index contributed by atoms with van der Waals surface area (Å²) in [6.07, 6.45) is 0.852. The van der Waals surface area contributed by atoms with Gasteiger partial charge in [0.2, 0.25) is 11.5 Å². The summed E-state index contributed by atoms with van der Waals surface area (Å²) >= 11 is -6.11. The smallest absolute Gasteiger partial charge is 0.337 e. The number of carbonyl (C=O) groups excluding carboxylic acids is 1. The van der Waals surface area contributed by atoms with Crippen LogP contribution in [-0.2, 0) is 49.4 Å². The van der Waals surface area contributed by atoms with Crippen LogP contribution < -0.4 is 42.8 Å². The van der Waals surface area contributed by atoms with Crippen LogP contribution >= 0.6 is 0 Å². The molecule has 30 heteroatoms. The molecule has 1 aliphatic heterocycles. The van der Waals surface area contributed by atoms with Crippen molar-refractivity contribution in [3.63, 3.8) is 0 Å². The van der Waals surface area contributed by atoms with Crippen molar-refractivity contribution >= 4 is 68.3 Å². The maximum Gasteiger partial charge on any atom is 0.337 e. The monoisotopic (exact) mass is 1330 g/mol. The fraction of sp³-hybridized carbons (Fsp3) is 0.387. The lowest BCUT2D eigenvalue weighted by Gasteiger charge is -2.23. The van der Waals surface area contributed by atoms with Crippen LogP contribution in [0.1, 0.15) is 133 Å². The number of aliphatic hydroxyl groups excluding tert-OH is 2. The predicted molar refractivity (Wildman–Crippen MR) is 355 cm³/mol. The van der Waals surface area contributed by atoms with Crippen molar-refractivity contribution in [1.82, 2.24) is 44.1 Å². The number of anilines is 3. The molecule has 0 amide bonds. The number of aliphatic hydroxyl groups is 2. The van der Waals surface area contributed by atoms with Crippen LogP contribution in [0, 0.1) is 41.5 Å². The van der Waals surface area contributed by atoms with Crippen LogP contribution in [0.15, 0.2) is 102 Å². The highest BCUT2D eigenvalue weighted by atomic mass is 32.2. The number of hydrogen-bond donors (Lipinski definition) is 8. The van der Waals surface area contributed by atoms with E-state index in [4.69, 9.17) is 52.5 Å². The number of nitrogens with one attached hydrogen (secondary N) is 3. The Kier molecular flexibility index (Phi) is 27.8. The Morgan fingerprint density at radius 2 is 1.22 bits per heavy atom. The first-order valence-electron chi connectivity index (χ1n) is 29.5. The number of nitrogens with two attached hydrogens (primary N) is 1. The van der Waals surface area contributed by atoms with Crippen molar-refractivity contribution in [3.8, 4) is 28.7 Å². The number of aryl methyl sites for hydroxylation is 7. The van der Waals surface area contributed by atoms with Crippen LogP contribution in [-0.4, -0.2) is 126 Å². The third-order valence-electron chi connectivity index (χ3n) is 14.4. The molecule has 27 nitrogen and oxygen atoms in total. The number of methoxy groups -OCH3 is 1. The molecule has 498 valence electrons. The maximum absolute atomic E-state index is 12.7.